The van der Waals surface area contributed by atoms with Gasteiger partial charge < -0.3 is 15.8 Å². The van der Waals surface area contributed by atoms with Crippen LogP contribution in [0.2, 0.25) is 0 Å². The number of nitrogens with two attached hydrogens (primary N) is 1. The first kappa shape index (κ1) is 14.5. The molecule has 3 N–H and O–H groups in total. The first-order chi connectivity index (χ1) is 8.12. The van der Waals surface area contributed by atoms with Gasteiger partial charge in [0.05, 0.1) is 5.54 Å². The monoisotopic (exact) mass is 242 g/mol. The van der Waals surface area contributed by atoms with E-state index in [-0.39, 0.29) is 11.4 Å². The summed E-state index contributed by atoms with van der Waals surface area (Å²) < 4.78 is 4.95. The van der Waals surface area contributed by atoms with Crippen LogP contribution in [0.3, 0.4) is 0 Å². The lowest BCUT2D eigenvalue weighted by Crippen LogP contribution is -2.56. The van der Waals surface area contributed by atoms with Crippen molar-refractivity contribution in [2.75, 3.05) is 20.3 Å². The van der Waals surface area contributed by atoms with E-state index in [9.17, 15) is 4.79 Å². The Morgan fingerprint density at radius 1 is 1.59 bits per heavy atom. The Kier molecular flexibility index (Phi) is 5.92. The fraction of sp³-hybridized carbons (Fsp3) is 0.923. The Balaban J connectivity index is 2.42. The molecule has 0 aromatic heterocycles. The van der Waals surface area contributed by atoms with Crippen molar-refractivity contribution in [1.29, 1.82) is 0 Å². The van der Waals surface area contributed by atoms with Crippen LogP contribution in [0.1, 0.15) is 45.4 Å². The Labute approximate surface area is 104 Å². The number of hydrogen-bond acceptors (Lipinski definition) is 3. The first-order valence-electron chi connectivity index (χ1n) is 6.62. The highest BCUT2D eigenvalue weighted by molar-refractivity contribution is 5.76. The summed E-state index contributed by atoms with van der Waals surface area (Å²) in [7, 11) is 1.65. The highest BCUT2D eigenvalue weighted by atomic mass is 16.5. The highest BCUT2D eigenvalue weighted by Crippen LogP contribution is 2.31. The highest BCUT2D eigenvalue weighted by Gasteiger charge is 2.34. The summed E-state index contributed by atoms with van der Waals surface area (Å²) in [4.78, 5) is 11.8. The molecule has 1 rings (SSSR count). The molecule has 4 heteroatoms. The van der Waals surface area contributed by atoms with Gasteiger partial charge in [0.2, 0.25) is 5.91 Å². The van der Waals surface area contributed by atoms with E-state index >= 15 is 0 Å². The molecule has 2 unspecified atom stereocenters. The molecule has 1 fully saturated rings. The van der Waals surface area contributed by atoms with Gasteiger partial charge in [0.1, 0.15) is 0 Å². The molecule has 1 aliphatic rings. The molecule has 0 radical (unpaired) electrons. The van der Waals surface area contributed by atoms with E-state index in [4.69, 9.17) is 10.5 Å². The molecule has 1 saturated carbocycles. The average Bonchev–Trinajstić information content (AvgIpc) is 2.29. The largest absolute Gasteiger partial charge is 0.385 e. The van der Waals surface area contributed by atoms with E-state index in [1.807, 2.05) is 0 Å². The first-order valence-corrected chi connectivity index (χ1v) is 6.62. The molecule has 100 valence electrons. The Morgan fingerprint density at radius 3 is 2.94 bits per heavy atom. The predicted molar refractivity (Wildman–Crippen MR) is 68.7 cm³/mol. The van der Waals surface area contributed by atoms with Crippen molar-refractivity contribution in [1.82, 2.24) is 5.32 Å². The number of carbonyl (C=O) groups is 1. The zero-order chi connectivity index (χ0) is 12.7. The summed E-state index contributed by atoms with van der Waals surface area (Å²) in [5, 5.41) is 3.15. The van der Waals surface area contributed by atoms with E-state index in [0.717, 1.165) is 25.7 Å². The predicted octanol–water partition coefficient (Wildman–Crippen LogP) is 1.44. The van der Waals surface area contributed by atoms with Crippen LogP contribution in [0.15, 0.2) is 0 Å². The summed E-state index contributed by atoms with van der Waals surface area (Å²) in [6.07, 6.45) is 5.75. The van der Waals surface area contributed by atoms with Gasteiger partial charge in [-0.15, -0.1) is 0 Å². The number of nitrogens with one attached hydrogen (secondary N) is 1. The van der Waals surface area contributed by atoms with Crippen molar-refractivity contribution < 1.29 is 9.53 Å². The number of carbonyl (C=O) groups excluding carboxylic acids is 1. The molecule has 0 aromatic rings. The second kappa shape index (κ2) is 6.97. The smallest absolute Gasteiger partial charge is 0.220 e. The summed E-state index contributed by atoms with van der Waals surface area (Å²) in [6.45, 7) is 3.42. The van der Waals surface area contributed by atoms with Crippen molar-refractivity contribution in [3.8, 4) is 0 Å². The molecule has 0 bridgehead atoms. The fourth-order valence-electron chi connectivity index (χ4n) is 2.75. The normalized spacial score (nSPS) is 29.0. The molecule has 2 atom stereocenters. The van der Waals surface area contributed by atoms with Crippen LogP contribution < -0.4 is 11.1 Å². The lowest BCUT2D eigenvalue weighted by Gasteiger charge is -2.40. The van der Waals surface area contributed by atoms with Gasteiger partial charge in [0.15, 0.2) is 0 Å². The van der Waals surface area contributed by atoms with Gasteiger partial charge in [-0.1, -0.05) is 19.8 Å². The molecule has 0 spiro atoms. The lowest BCUT2D eigenvalue weighted by molar-refractivity contribution is -0.123. The summed E-state index contributed by atoms with van der Waals surface area (Å²) in [5.74, 6) is 0.771. The Morgan fingerprint density at radius 2 is 2.35 bits per heavy atom. The van der Waals surface area contributed by atoms with Gasteiger partial charge >= 0.3 is 0 Å². The van der Waals surface area contributed by atoms with Gasteiger partial charge in [0, 0.05) is 26.7 Å². The number of methoxy groups -OCH3 is 1. The van der Waals surface area contributed by atoms with E-state index in [0.29, 0.717) is 25.5 Å². The maximum atomic E-state index is 11.8. The maximum absolute atomic E-state index is 11.8. The van der Waals surface area contributed by atoms with Crippen LogP contribution in [0.5, 0.6) is 0 Å². The van der Waals surface area contributed by atoms with E-state index in [2.05, 4.69) is 12.2 Å². The Hall–Kier alpha value is -0.610. The van der Waals surface area contributed by atoms with Gasteiger partial charge in [-0.2, -0.15) is 0 Å². The van der Waals surface area contributed by atoms with Crippen molar-refractivity contribution in [3.63, 3.8) is 0 Å². The standard InChI is InChI=1S/C13H26N2O2/c1-11-5-3-7-13(9-11,10-14)15-12(16)6-4-8-17-2/h11H,3-10,14H2,1-2H3,(H,15,16). The second-order valence-corrected chi connectivity index (χ2v) is 5.33. The van der Waals surface area contributed by atoms with Crippen LogP contribution in [-0.4, -0.2) is 31.7 Å². The van der Waals surface area contributed by atoms with E-state index in [1.54, 1.807) is 7.11 Å². The van der Waals surface area contributed by atoms with E-state index in [1.165, 1.54) is 6.42 Å². The SMILES string of the molecule is COCCCC(=O)NC1(CN)CCCC(C)C1. The summed E-state index contributed by atoms with van der Waals surface area (Å²) in [5.41, 5.74) is 5.71. The maximum Gasteiger partial charge on any atom is 0.220 e. The zero-order valence-electron chi connectivity index (χ0n) is 11.1. The van der Waals surface area contributed by atoms with E-state index < -0.39 is 0 Å². The van der Waals surface area contributed by atoms with Crippen LogP contribution >= 0.6 is 0 Å². The molecular weight excluding hydrogens is 216 g/mol. The fourth-order valence-corrected chi connectivity index (χ4v) is 2.75. The molecule has 0 saturated heterocycles. The summed E-state index contributed by atoms with van der Waals surface area (Å²) >= 11 is 0. The molecule has 1 aliphatic carbocycles. The third kappa shape index (κ3) is 4.64. The Bertz CT molecular complexity index is 246. The third-order valence-corrected chi connectivity index (χ3v) is 3.64. The van der Waals surface area contributed by atoms with Crippen molar-refractivity contribution in [2.24, 2.45) is 11.7 Å². The number of rotatable bonds is 6. The number of ether oxygens (including phenoxy) is 1. The molecule has 0 heterocycles. The lowest BCUT2D eigenvalue weighted by atomic mass is 9.76. The van der Waals surface area contributed by atoms with Crippen LogP contribution in [-0.2, 0) is 9.53 Å². The van der Waals surface area contributed by atoms with Gasteiger partial charge in [-0.3, -0.25) is 4.79 Å². The van der Waals surface area contributed by atoms with Crippen LogP contribution in [0.4, 0.5) is 0 Å². The second-order valence-electron chi connectivity index (χ2n) is 5.33. The molecular formula is C13H26N2O2. The summed E-state index contributed by atoms with van der Waals surface area (Å²) in [6, 6.07) is 0. The minimum absolute atomic E-state index is 0.113. The molecule has 0 aromatic carbocycles. The van der Waals surface area contributed by atoms with Crippen molar-refractivity contribution in [2.45, 2.75) is 51.0 Å². The molecule has 0 aliphatic heterocycles. The minimum atomic E-state index is -0.151. The number of hydrogen-bond donors (Lipinski definition) is 2. The minimum Gasteiger partial charge on any atom is -0.385 e. The van der Waals surface area contributed by atoms with Gasteiger partial charge in [-0.05, 0) is 25.2 Å². The van der Waals surface area contributed by atoms with Gasteiger partial charge in [-0.25, -0.2) is 0 Å². The van der Waals surface area contributed by atoms with Crippen LogP contribution in [0.25, 0.3) is 0 Å². The topological polar surface area (TPSA) is 64.3 Å². The molecule has 1 amide bonds. The third-order valence-electron chi connectivity index (χ3n) is 3.64. The van der Waals surface area contributed by atoms with Crippen molar-refractivity contribution >= 4 is 5.91 Å². The number of amides is 1. The van der Waals surface area contributed by atoms with Gasteiger partial charge in [0.25, 0.3) is 0 Å². The average molecular weight is 242 g/mol. The molecule has 4 nitrogen and oxygen atoms in total. The quantitative estimate of drug-likeness (QED) is 0.693. The van der Waals surface area contributed by atoms with Crippen molar-refractivity contribution in [3.05, 3.63) is 0 Å². The van der Waals surface area contributed by atoms with Crippen LogP contribution in [0, 0.1) is 5.92 Å². The molecule has 17 heavy (non-hydrogen) atoms. The zero-order valence-corrected chi connectivity index (χ0v) is 11.1.